The third-order valence-corrected chi connectivity index (χ3v) is 1.35. The van der Waals surface area contributed by atoms with Crippen molar-refractivity contribution in [1.82, 2.24) is 9.97 Å². The van der Waals surface area contributed by atoms with E-state index in [0.717, 1.165) is 0 Å². The molecular formula is C7H10N4O2. The zero-order chi connectivity index (χ0) is 10.7. The summed E-state index contributed by atoms with van der Waals surface area (Å²) in [7, 11) is 0. The Bertz CT molecular complexity index is 415. The van der Waals surface area contributed by atoms with Crippen LogP contribution in [-0.2, 0) is 4.74 Å². The van der Waals surface area contributed by atoms with E-state index in [1.54, 1.807) is 6.92 Å². The molecule has 0 radical (unpaired) electrons. The summed E-state index contributed by atoms with van der Waals surface area (Å²) in [4.78, 5) is 17.0. The van der Waals surface area contributed by atoms with E-state index in [1.165, 1.54) is 0 Å². The molecule has 0 fully saturated rings. The number of esters is 1. The molecule has 0 saturated carbocycles. The fourth-order valence-corrected chi connectivity index (χ4v) is 0.750. The van der Waals surface area contributed by atoms with Gasteiger partial charge in [0.2, 0.25) is 0 Å². The lowest BCUT2D eigenvalue weighted by Gasteiger charge is -2.03. The molecule has 0 aliphatic carbocycles. The molecule has 1 heterocycles. The predicted octanol–water partition coefficient (Wildman–Crippen LogP) is -0.352. The number of ether oxygens (including phenoxy) is 1. The third-order valence-electron chi connectivity index (χ3n) is 1.35. The summed E-state index contributed by atoms with van der Waals surface area (Å²) in [5.41, 5.74) is 4.90. The van der Waals surface area contributed by atoms with Gasteiger partial charge in [0.1, 0.15) is 7.06 Å². The van der Waals surface area contributed by atoms with Crippen LogP contribution >= 0.6 is 0 Å². The second kappa shape index (κ2) is 3.70. The maximum atomic E-state index is 11.2. The van der Waals surface area contributed by atoms with Crippen LogP contribution in [0.15, 0.2) is 6.30 Å². The molecule has 0 aliphatic rings. The number of aromatic nitrogens is 2. The Morgan fingerprint density at radius 1 is 2.00 bits per heavy atom. The Balaban J connectivity index is 3.20. The summed E-state index contributed by atoms with van der Waals surface area (Å²) in [5.74, 6) is -0.686. The van der Waals surface area contributed by atoms with Gasteiger partial charge in [0.15, 0.2) is 11.2 Å². The number of rotatable bonds is 2. The molecule has 0 atom stereocenters. The van der Waals surface area contributed by atoms with Crippen molar-refractivity contribution in [2.45, 2.75) is 6.92 Å². The summed E-state index contributed by atoms with van der Waals surface area (Å²) >= 11 is 0. The molecule has 4 N–H and O–H groups in total. The predicted molar refractivity (Wildman–Crippen MR) is 44.8 cm³/mol. The van der Waals surface area contributed by atoms with Gasteiger partial charge in [0, 0.05) is 0 Å². The molecule has 0 unspecified atom stereocenters. The van der Waals surface area contributed by atoms with Gasteiger partial charge in [-0.05, 0) is 6.92 Å². The maximum Gasteiger partial charge on any atom is 0.357 e. The van der Waals surface area contributed by atoms with Crippen LogP contribution in [0.1, 0.15) is 18.8 Å². The highest BCUT2D eigenvalue weighted by Gasteiger charge is 2.11. The molecule has 70 valence electrons. The molecule has 0 aliphatic heterocycles. The zero-order valence-electron chi connectivity index (χ0n) is 8.05. The second-order valence-electron chi connectivity index (χ2n) is 2.21. The average molecular weight is 183 g/mol. The van der Waals surface area contributed by atoms with Crippen molar-refractivity contribution in [2.75, 3.05) is 12.3 Å². The molecule has 0 bridgehead atoms. The minimum Gasteiger partial charge on any atom is -0.461 e. The van der Waals surface area contributed by atoms with E-state index < -0.39 is 5.97 Å². The number of nitrogens with two attached hydrogens (primary N) is 1. The minimum atomic E-state index is -0.686. The van der Waals surface area contributed by atoms with Crippen LogP contribution in [0, 0.1) is 5.41 Å². The van der Waals surface area contributed by atoms with Gasteiger partial charge < -0.3 is 15.5 Å². The van der Waals surface area contributed by atoms with Crippen LogP contribution in [0.3, 0.4) is 0 Å². The molecule has 0 amide bonds. The minimum absolute atomic E-state index is 0.100. The number of nitrogen functional groups attached to an aromatic ring is 1. The number of aromatic amines is 1. The van der Waals surface area contributed by atoms with E-state index in [-0.39, 0.29) is 29.8 Å². The fourth-order valence-electron chi connectivity index (χ4n) is 0.750. The molecular weight excluding hydrogens is 172 g/mol. The van der Waals surface area contributed by atoms with Gasteiger partial charge in [-0.1, -0.05) is 0 Å². The molecule has 1 aromatic heterocycles. The topological polar surface area (TPSA) is 105 Å². The lowest BCUT2D eigenvalue weighted by atomic mass is 10.3. The van der Waals surface area contributed by atoms with E-state index in [9.17, 15) is 4.79 Å². The SMILES string of the molecule is [2H]c1nc(=N)c(N)c(C(=O)OCC)[nH]1. The average Bonchev–Trinajstić information content (AvgIpc) is 2.11. The van der Waals surface area contributed by atoms with Crippen LogP contribution in [0.5, 0.6) is 0 Å². The number of nitrogens with zero attached hydrogens (tertiary/aromatic N) is 1. The van der Waals surface area contributed by atoms with Crippen molar-refractivity contribution in [1.29, 1.82) is 5.41 Å². The van der Waals surface area contributed by atoms with E-state index in [1.807, 2.05) is 0 Å². The number of carbonyl (C=O) groups excluding carboxylic acids is 1. The van der Waals surface area contributed by atoms with Gasteiger partial charge in [-0.25, -0.2) is 9.78 Å². The van der Waals surface area contributed by atoms with Crippen molar-refractivity contribution in [3.8, 4) is 0 Å². The Morgan fingerprint density at radius 2 is 2.69 bits per heavy atom. The summed E-state index contributed by atoms with van der Waals surface area (Å²) in [5, 5.41) is 7.24. The van der Waals surface area contributed by atoms with Crippen molar-refractivity contribution in [2.24, 2.45) is 0 Å². The first kappa shape index (κ1) is 7.78. The standard InChI is InChI=1S/C7H10N4O2/c1-2-13-7(12)5-4(8)6(9)11-3-10-5/h3H,2,8H2,1H3,(H2,9,10,11)/i3D. The number of anilines is 1. The van der Waals surface area contributed by atoms with E-state index in [0.29, 0.717) is 0 Å². The van der Waals surface area contributed by atoms with Crippen molar-refractivity contribution >= 4 is 11.7 Å². The quantitative estimate of drug-likeness (QED) is 0.545. The first-order chi connectivity index (χ1) is 6.56. The number of hydrogen-bond donors (Lipinski definition) is 3. The van der Waals surface area contributed by atoms with Crippen LogP contribution in [-0.4, -0.2) is 22.5 Å². The molecule has 1 rings (SSSR count). The Kier molecular flexibility index (Phi) is 2.22. The van der Waals surface area contributed by atoms with Gasteiger partial charge in [0.25, 0.3) is 0 Å². The summed E-state index contributed by atoms with van der Waals surface area (Å²) in [6.45, 7) is 1.85. The van der Waals surface area contributed by atoms with Crippen LogP contribution in [0.4, 0.5) is 5.69 Å². The van der Waals surface area contributed by atoms with Crippen molar-refractivity contribution in [3.63, 3.8) is 0 Å². The first-order valence-electron chi connectivity index (χ1n) is 4.14. The Hall–Kier alpha value is -1.85. The van der Waals surface area contributed by atoms with E-state index >= 15 is 0 Å². The summed E-state index contributed by atoms with van der Waals surface area (Å²) < 4.78 is 11.8. The van der Waals surface area contributed by atoms with Gasteiger partial charge in [0.05, 0.1) is 12.9 Å². The zero-order valence-corrected chi connectivity index (χ0v) is 7.05. The molecule has 13 heavy (non-hydrogen) atoms. The van der Waals surface area contributed by atoms with Crippen LogP contribution in [0.2, 0.25) is 0 Å². The number of hydrogen-bond acceptors (Lipinski definition) is 5. The summed E-state index contributed by atoms with van der Waals surface area (Å²) in [6.07, 6.45) is -0.299. The molecule has 6 nitrogen and oxygen atoms in total. The van der Waals surface area contributed by atoms with Gasteiger partial charge >= 0.3 is 5.97 Å². The number of nitrogens with one attached hydrogen (secondary N) is 2. The van der Waals surface area contributed by atoms with Crippen LogP contribution in [0.25, 0.3) is 0 Å². The molecule has 6 heteroatoms. The van der Waals surface area contributed by atoms with Crippen LogP contribution < -0.4 is 11.2 Å². The fraction of sp³-hybridized carbons (Fsp3) is 0.286. The normalized spacial score (nSPS) is 10.7. The van der Waals surface area contributed by atoms with Gasteiger partial charge in [-0.3, -0.25) is 5.41 Å². The lowest BCUT2D eigenvalue weighted by molar-refractivity contribution is 0.0520. The highest BCUT2D eigenvalue weighted by molar-refractivity contribution is 5.92. The second-order valence-corrected chi connectivity index (χ2v) is 2.21. The highest BCUT2D eigenvalue weighted by atomic mass is 16.5. The first-order valence-corrected chi connectivity index (χ1v) is 3.64. The molecule has 0 saturated heterocycles. The smallest absolute Gasteiger partial charge is 0.357 e. The highest BCUT2D eigenvalue weighted by Crippen LogP contribution is 2.01. The van der Waals surface area contributed by atoms with Crippen molar-refractivity contribution in [3.05, 3.63) is 17.5 Å². The molecule has 0 spiro atoms. The Labute approximate surface area is 75.7 Å². The van der Waals surface area contributed by atoms with Gasteiger partial charge in [-0.15, -0.1) is 0 Å². The monoisotopic (exact) mass is 183 g/mol. The van der Waals surface area contributed by atoms with E-state index in [2.05, 4.69) is 14.7 Å². The molecule has 1 aromatic rings. The molecule has 0 aromatic carbocycles. The third kappa shape index (κ3) is 1.84. The Morgan fingerprint density at radius 3 is 3.31 bits per heavy atom. The summed E-state index contributed by atoms with van der Waals surface area (Å²) in [6, 6.07) is 0. The number of carbonyl (C=O) groups is 1. The lowest BCUT2D eigenvalue weighted by Crippen LogP contribution is -2.20. The van der Waals surface area contributed by atoms with Gasteiger partial charge in [-0.2, -0.15) is 0 Å². The maximum absolute atomic E-state index is 11.2. The van der Waals surface area contributed by atoms with Crippen molar-refractivity contribution < 1.29 is 10.9 Å². The van der Waals surface area contributed by atoms with E-state index in [4.69, 9.17) is 12.5 Å². The number of H-pyrrole nitrogens is 1. The largest absolute Gasteiger partial charge is 0.461 e.